The van der Waals surface area contributed by atoms with Gasteiger partial charge >= 0.3 is 5.97 Å². The van der Waals surface area contributed by atoms with Crippen molar-refractivity contribution in [2.75, 3.05) is 11.4 Å². The number of amides is 3. The Kier molecular flexibility index (Phi) is 5.68. The standard InChI is InChI=1S/C17H20N2O5/c1-3-10-18-16(22)11(2)24-17(23)12-4-6-13(7-5-12)19-14(20)8-9-15(19)21/h4-7,11H,3,8-10H2,1-2H3,(H,18,22)/t11-/m0/s1. The number of carbonyl (C=O) groups is 4. The van der Waals surface area contributed by atoms with Crippen LogP contribution in [-0.2, 0) is 19.1 Å². The lowest BCUT2D eigenvalue weighted by Gasteiger charge is -2.15. The second kappa shape index (κ2) is 7.72. The first kappa shape index (κ1) is 17.7. The Hall–Kier alpha value is -2.70. The highest BCUT2D eigenvalue weighted by atomic mass is 16.5. The second-order valence-corrected chi connectivity index (χ2v) is 5.51. The van der Waals surface area contributed by atoms with E-state index in [4.69, 9.17) is 4.74 Å². The van der Waals surface area contributed by atoms with Crippen LogP contribution in [0.15, 0.2) is 24.3 Å². The summed E-state index contributed by atoms with van der Waals surface area (Å²) < 4.78 is 5.10. The van der Waals surface area contributed by atoms with E-state index in [9.17, 15) is 19.2 Å². The Labute approximate surface area is 140 Å². The number of carbonyl (C=O) groups excluding carboxylic acids is 4. The van der Waals surface area contributed by atoms with Gasteiger partial charge in [0, 0.05) is 19.4 Å². The Bertz CT molecular complexity index is 637. The third-order valence-electron chi connectivity index (χ3n) is 3.62. The number of rotatable bonds is 6. The topological polar surface area (TPSA) is 92.8 Å². The molecule has 0 unspecified atom stereocenters. The van der Waals surface area contributed by atoms with E-state index in [1.807, 2.05) is 6.92 Å². The van der Waals surface area contributed by atoms with E-state index in [1.54, 1.807) is 0 Å². The summed E-state index contributed by atoms with van der Waals surface area (Å²) in [7, 11) is 0. The largest absolute Gasteiger partial charge is 0.449 e. The summed E-state index contributed by atoms with van der Waals surface area (Å²) in [4.78, 5) is 48.2. The molecule has 2 rings (SSSR count). The van der Waals surface area contributed by atoms with Crippen molar-refractivity contribution in [3.05, 3.63) is 29.8 Å². The number of ether oxygens (including phenoxy) is 1. The van der Waals surface area contributed by atoms with E-state index in [1.165, 1.54) is 31.2 Å². The van der Waals surface area contributed by atoms with Gasteiger partial charge in [-0.2, -0.15) is 0 Å². The fourth-order valence-electron chi connectivity index (χ4n) is 2.29. The van der Waals surface area contributed by atoms with Gasteiger partial charge < -0.3 is 10.1 Å². The van der Waals surface area contributed by atoms with Crippen molar-refractivity contribution in [3.8, 4) is 0 Å². The number of imide groups is 1. The fourth-order valence-corrected chi connectivity index (χ4v) is 2.29. The first-order valence-corrected chi connectivity index (χ1v) is 7.88. The molecular formula is C17H20N2O5. The molecule has 1 aromatic rings. The Morgan fingerprint density at radius 2 is 1.75 bits per heavy atom. The zero-order valence-electron chi connectivity index (χ0n) is 13.7. The number of anilines is 1. The van der Waals surface area contributed by atoms with Crippen molar-refractivity contribution in [2.24, 2.45) is 0 Å². The molecule has 7 nitrogen and oxygen atoms in total. The average Bonchev–Trinajstić information content (AvgIpc) is 2.91. The van der Waals surface area contributed by atoms with E-state index in [0.29, 0.717) is 12.2 Å². The first-order valence-electron chi connectivity index (χ1n) is 7.88. The van der Waals surface area contributed by atoms with Crippen molar-refractivity contribution in [3.63, 3.8) is 0 Å². The van der Waals surface area contributed by atoms with E-state index >= 15 is 0 Å². The summed E-state index contributed by atoms with van der Waals surface area (Å²) in [5, 5.41) is 2.65. The highest BCUT2D eigenvalue weighted by Gasteiger charge is 2.30. The van der Waals surface area contributed by atoms with Gasteiger partial charge in [0.2, 0.25) is 11.8 Å². The summed E-state index contributed by atoms with van der Waals surface area (Å²) in [5.74, 6) is -1.50. The van der Waals surface area contributed by atoms with E-state index in [-0.39, 0.29) is 36.1 Å². The molecule has 7 heteroatoms. The van der Waals surface area contributed by atoms with Crippen LogP contribution >= 0.6 is 0 Å². The molecule has 3 amide bonds. The maximum Gasteiger partial charge on any atom is 0.338 e. The maximum absolute atomic E-state index is 12.0. The van der Waals surface area contributed by atoms with Crippen molar-refractivity contribution in [1.29, 1.82) is 0 Å². The molecular weight excluding hydrogens is 312 g/mol. The Morgan fingerprint density at radius 1 is 1.17 bits per heavy atom. The van der Waals surface area contributed by atoms with Crippen LogP contribution < -0.4 is 10.2 Å². The third-order valence-corrected chi connectivity index (χ3v) is 3.62. The minimum absolute atomic E-state index is 0.201. The molecule has 1 N–H and O–H groups in total. The van der Waals surface area contributed by atoms with Gasteiger partial charge in [0.1, 0.15) is 0 Å². The molecule has 0 spiro atoms. The molecule has 0 aromatic heterocycles. The molecule has 0 bridgehead atoms. The molecule has 128 valence electrons. The predicted molar refractivity (Wildman–Crippen MR) is 86.3 cm³/mol. The van der Waals surface area contributed by atoms with Gasteiger partial charge in [-0.15, -0.1) is 0 Å². The number of hydrogen-bond acceptors (Lipinski definition) is 5. The summed E-state index contributed by atoms with van der Waals surface area (Å²) in [6.45, 7) is 3.94. The van der Waals surface area contributed by atoms with Gasteiger partial charge in [-0.25, -0.2) is 4.79 Å². The molecule has 1 aliphatic rings. The third kappa shape index (κ3) is 3.98. The molecule has 1 aromatic carbocycles. The number of nitrogens with zero attached hydrogens (tertiary/aromatic N) is 1. The van der Waals surface area contributed by atoms with Gasteiger partial charge in [-0.3, -0.25) is 19.3 Å². The number of benzene rings is 1. The molecule has 1 fully saturated rings. The normalized spacial score (nSPS) is 15.3. The van der Waals surface area contributed by atoms with Crippen LogP contribution in [0.4, 0.5) is 5.69 Å². The highest BCUT2D eigenvalue weighted by molar-refractivity contribution is 6.19. The summed E-state index contributed by atoms with van der Waals surface area (Å²) >= 11 is 0. The lowest BCUT2D eigenvalue weighted by molar-refractivity contribution is -0.129. The molecule has 1 heterocycles. The quantitative estimate of drug-likeness (QED) is 0.628. The summed E-state index contributed by atoms with van der Waals surface area (Å²) in [5.41, 5.74) is 0.667. The van der Waals surface area contributed by atoms with Gasteiger partial charge in [0.15, 0.2) is 6.10 Å². The van der Waals surface area contributed by atoms with Crippen LogP contribution in [0.1, 0.15) is 43.5 Å². The van der Waals surface area contributed by atoms with Crippen molar-refractivity contribution >= 4 is 29.4 Å². The lowest BCUT2D eigenvalue weighted by atomic mass is 10.2. The predicted octanol–water partition coefficient (Wildman–Crippen LogP) is 1.41. The fraction of sp³-hybridized carbons (Fsp3) is 0.412. The lowest BCUT2D eigenvalue weighted by Crippen LogP contribution is -2.36. The molecule has 24 heavy (non-hydrogen) atoms. The number of nitrogens with one attached hydrogen (secondary N) is 1. The minimum atomic E-state index is -0.898. The molecule has 1 saturated heterocycles. The van der Waals surface area contributed by atoms with Crippen LogP contribution in [0.5, 0.6) is 0 Å². The minimum Gasteiger partial charge on any atom is -0.449 e. The van der Waals surface area contributed by atoms with Gasteiger partial charge in [0.25, 0.3) is 5.91 Å². The highest BCUT2D eigenvalue weighted by Crippen LogP contribution is 2.23. The molecule has 1 aliphatic heterocycles. The molecule has 0 saturated carbocycles. The van der Waals surface area contributed by atoms with Crippen LogP contribution in [0, 0.1) is 0 Å². The number of hydrogen-bond donors (Lipinski definition) is 1. The van der Waals surface area contributed by atoms with Crippen molar-refractivity contribution in [2.45, 2.75) is 39.2 Å². The van der Waals surface area contributed by atoms with Crippen LogP contribution in [0.2, 0.25) is 0 Å². The van der Waals surface area contributed by atoms with Gasteiger partial charge in [0.05, 0.1) is 11.3 Å². The van der Waals surface area contributed by atoms with E-state index < -0.39 is 12.1 Å². The zero-order chi connectivity index (χ0) is 17.7. The van der Waals surface area contributed by atoms with Crippen LogP contribution in [-0.4, -0.2) is 36.3 Å². The first-order chi connectivity index (χ1) is 11.4. The van der Waals surface area contributed by atoms with Gasteiger partial charge in [-0.1, -0.05) is 6.92 Å². The SMILES string of the molecule is CCCNC(=O)[C@H](C)OC(=O)c1ccc(N2C(=O)CCC2=O)cc1. The van der Waals surface area contributed by atoms with Gasteiger partial charge in [-0.05, 0) is 37.6 Å². The van der Waals surface area contributed by atoms with E-state index in [2.05, 4.69) is 5.32 Å². The second-order valence-electron chi connectivity index (χ2n) is 5.51. The average molecular weight is 332 g/mol. The smallest absolute Gasteiger partial charge is 0.338 e. The Morgan fingerprint density at radius 3 is 2.29 bits per heavy atom. The molecule has 0 aliphatic carbocycles. The zero-order valence-corrected chi connectivity index (χ0v) is 13.7. The Balaban J connectivity index is 2.00. The molecule has 1 atom stereocenters. The summed E-state index contributed by atoms with van der Waals surface area (Å²) in [6, 6.07) is 5.96. The summed E-state index contributed by atoms with van der Waals surface area (Å²) in [6.07, 6.45) is 0.299. The number of esters is 1. The molecule has 0 radical (unpaired) electrons. The maximum atomic E-state index is 12.0. The van der Waals surface area contributed by atoms with Crippen molar-refractivity contribution in [1.82, 2.24) is 5.32 Å². The van der Waals surface area contributed by atoms with Crippen LogP contribution in [0.3, 0.4) is 0 Å². The van der Waals surface area contributed by atoms with Crippen LogP contribution in [0.25, 0.3) is 0 Å². The van der Waals surface area contributed by atoms with Crippen molar-refractivity contribution < 1.29 is 23.9 Å². The monoisotopic (exact) mass is 332 g/mol. The van der Waals surface area contributed by atoms with E-state index in [0.717, 1.165) is 11.3 Å².